The van der Waals surface area contributed by atoms with Gasteiger partial charge in [-0.15, -0.1) is 0 Å². The standard InChI is InChI=1S/C13H17N3O/c14-9-13-11(3-2-6-15-13)10-16(7-8-17)12-4-1-5-12/h2-3,6,12,17H,1,4-5,7-8,10H2. The number of nitrogens with zero attached hydrogens (tertiary/aromatic N) is 3. The Bertz CT molecular complexity index is 409. The van der Waals surface area contributed by atoms with Crippen LogP contribution in [-0.4, -0.2) is 34.2 Å². The van der Waals surface area contributed by atoms with Crippen LogP contribution in [0.3, 0.4) is 0 Å². The Morgan fingerprint density at radius 3 is 2.94 bits per heavy atom. The van der Waals surface area contributed by atoms with Crippen LogP contribution < -0.4 is 0 Å². The lowest BCUT2D eigenvalue weighted by Gasteiger charge is -2.37. The molecule has 1 N–H and O–H groups in total. The van der Waals surface area contributed by atoms with Crippen molar-refractivity contribution in [3.05, 3.63) is 29.6 Å². The predicted octanol–water partition coefficient (Wildman–Crippen LogP) is 1.30. The number of aliphatic hydroxyl groups is 1. The van der Waals surface area contributed by atoms with Gasteiger partial charge in [0.1, 0.15) is 11.8 Å². The Morgan fingerprint density at radius 1 is 1.53 bits per heavy atom. The topological polar surface area (TPSA) is 60.2 Å². The predicted molar refractivity (Wildman–Crippen MR) is 64.1 cm³/mol. The summed E-state index contributed by atoms with van der Waals surface area (Å²) in [5, 5.41) is 18.1. The van der Waals surface area contributed by atoms with Gasteiger partial charge in [0.15, 0.2) is 0 Å². The van der Waals surface area contributed by atoms with Gasteiger partial charge >= 0.3 is 0 Å². The molecule has 0 unspecified atom stereocenters. The summed E-state index contributed by atoms with van der Waals surface area (Å²) in [6.07, 6.45) is 5.30. The fraction of sp³-hybridized carbons (Fsp3) is 0.538. The van der Waals surface area contributed by atoms with E-state index in [0.29, 0.717) is 24.8 Å². The second kappa shape index (κ2) is 5.76. The lowest BCUT2D eigenvalue weighted by molar-refractivity contribution is 0.0944. The van der Waals surface area contributed by atoms with Crippen molar-refractivity contribution in [3.8, 4) is 6.07 Å². The molecule has 0 aromatic carbocycles. The van der Waals surface area contributed by atoms with E-state index in [-0.39, 0.29) is 6.61 Å². The molecule has 1 aromatic rings. The van der Waals surface area contributed by atoms with E-state index < -0.39 is 0 Å². The maximum absolute atomic E-state index is 9.09. The number of pyridine rings is 1. The van der Waals surface area contributed by atoms with E-state index in [1.54, 1.807) is 6.20 Å². The Hall–Kier alpha value is -1.44. The van der Waals surface area contributed by atoms with Crippen LogP contribution in [0.25, 0.3) is 0 Å². The first-order valence-corrected chi connectivity index (χ1v) is 6.04. The minimum absolute atomic E-state index is 0.165. The van der Waals surface area contributed by atoms with Crippen molar-refractivity contribution in [2.45, 2.75) is 31.8 Å². The van der Waals surface area contributed by atoms with Gasteiger partial charge in [0, 0.05) is 30.9 Å². The fourth-order valence-electron chi connectivity index (χ4n) is 2.16. The van der Waals surface area contributed by atoms with Crippen LogP contribution >= 0.6 is 0 Å². The highest BCUT2D eigenvalue weighted by Gasteiger charge is 2.25. The van der Waals surface area contributed by atoms with Gasteiger partial charge in [0.2, 0.25) is 0 Å². The normalized spacial score (nSPS) is 15.6. The summed E-state index contributed by atoms with van der Waals surface area (Å²) in [4.78, 5) is 6.31. The van der Waals surface area contributed by atoms with Crippen LogP contribution in [0.1, 0.15) is 30.5 Å². The zero-order chi connectivity index (χ0) is 12.1. The zero-order valence-corrected chi connectivity index (χ0v) is 9.84. The first-order chi connectivity index (χ1) is 8.35. The first kappa shape index (κ1) is 12.0. The number of hydrogen-bond donors (Lipinski definition) is 1. The Labute approximate surface area is 102 Å². The summed E-state index contributed by atoms with van der Waals surface area (Å²) in [6.45, 7) is 1.55. The molecular formula is C13H17N3O. The summed E-state index contributed by atoms with van der Waals surface area (Å²) < 4.78 is 0. The number of aromatic nitrogens is 1. The van der Waals surface area contributed by atoms with E-state index >= 15 is 0 Å². The first-order valence-electron chi connectivity index (χ1n) is 6.04. The molecule has 90 valence electrons. The van der Waals surface area contributed by atoms with E-state index in [9.17, 15) is 0 Å². The van der Waals surface area contributed by atoms with Crippen LogP contribution in [0.2, 0.25) is 0 Å². The van der Waals surface area contributed by atoms with Gasteiger partial charge in [-0.05, 0) is 18.9 Å². The van der Waals surface area contributed by atoms with E-state index in [0.717, 1.165) is 5.56 Å². The van der Waals surface area contributed by atoms with Gasteiger partial charge in [-0.25, -0.2) is 4.98 Å². The molecule has 1 saturated carbocycles. The minimum Gasteiger partial charge on any atom is -0.395 e. The molecule has 2 rings (SSSR count). The van der Waals surface area contributed by atoms with Crippen molar-refractivity contribution in [2.24, 2.45) is 0 Å². The summed E-state index contributed by atoms with van der Waals surface area (Å²) in [5.41, 5.74) is 1.45. The third-order valence-electron chi connectivity index (χ3n) is 3.35. The van der Waals surface area contributed by atoms with Crippen molar-refractivity contribution in [3.63, 3.8) is 0 Å². The lowest BCUT2D eigenvalue weighted by atomic mass is 9.91. The van der Waals surface area contributed by atoms with Crippen LogP contribution in [0.15, 0.2) is 18.3 Å². The highest BCUT2D eigenvalue weighted by molar-refractivity contribution is 5.30. The molecule has 17 heavy (non-hydrogen) atoms. The Morgan fingerprint density at radius 2 is 2.35 bits per heavy atom. The van der Waals surface area contributed by atoms with Gasteiger partial charge in [0.25, 0.3) is 0 Å². The molecule has 0 aliphatic heterocycles. The van der Waals surface area contributed by atoms with Gasteiger partial charge in [0.05, 0.1) is 6.61 Å². The van der Waals surface area contributed by atoms with Gasteiger partial charge in [-0.2, -0.15) is 5.26 Å². The molecule has 1 aliphatic rings. The maximum atomic E-state index is 9.09. The molecule has 0 bridgehead atoms. The number of hydrogen-bond acceptors (Lipinski definition) is 4. The average Bonchev–Trinajstić information content (AvgIpc) is 2.28. The van der Waals surface area contributed by atoms with Crippen LogP contribution in [0, 0.1) is 11.3 Å². The van der Waals surface area contributed by atoms with Crippen molar-refractivity contribution >= 4 is 0 Å². The Kier molecular flexibility index (Phi) is 4.08. The Balaban J connectivity index is 2.08. The fourth-order valence-corrected chi connectivity index (χ4v) is 2.16. The smallest absolute Gasteiger partial charge is 0.144 e. The van der Waals surface area contributed by atoms with Gasteiger partial charge < -0.3 is 5.11 Å². The van der Waals surface area contributed by atoms with Crippen molar-refractivity contribution in [1.82, 2.24) is 9.88 Å². The van der Waals surface area contributed by atoms with Gasteiger partial charge in [-0.3, -0.25) is 4.90 Å². The molecule has 0 spiro atoms. The molecule has 1 heterocycles. The molecular weight excluding hydrogens is 214 g/mol. The third kappa shape index (κ3) is 2.82. The zero-order valence-electron chi connectivity index (χ0n) is 9.84. The van der Waals surface area contributed by atoms with E-state index in [4.69, 9.17) is 10.4 Å². The highest BCUT2D eigenvalue weighted by atomic mass is 16.3. The summed E-state index contributed by atoms with van der Waals surface area (Å²) in [6, 6.07) is 6.48. The summed E-state index contributed by atoms with van der Waals surface area (Å²) in [5.74, 6) is 0. The molecule has 0 amide bonds. The number of aliphatic hydroxyl groups excluding tert-OH is 1. The lowest BCUT2D eigenvalue weighted by Crippen LogP contribution is -2.41. The van der Waals surface area contributed by atoms with Crippen LogP contribution in [0.5, 0.6) is 0 Å². The maximum Gasteiger partial charge on any atom is 0.144 e. The molecule has 1 fully saturated rings. The van der Waals surface area contributed by atoms with Crippen LogP contribution in [0.4, 0.5) is 0 Å². The van der Waals surface area contributed by atoms with Crippen molar-refractivity contribution < 1.29 is 5.11 Å². The molecule has 0 atom stereocenters. The second-order valence-electron chi connectivity index (χ2n) is 4.40. The quantitative estimate of drug-likeness (QED) is 0.829. The SMILES string of the molecule is N#Cc1ncccc1CN(CCO)C1CCC1. The largest absolute Gasteiger partial charge is 0.395 e. The van der Waals surface area contributed by atoms with Crippen molar-refractivity contribution in [2.75, 3.05) is 13.2 Å². The van der Waals surface area contributed by atoms with Crippen LogP contribution in [-0.2, 0) is 6.54 Å². The van der Waals surface area contributed by atoms with Crippen molar-refractivity contribution in [1.29, 1.82) is 5.26 Å². The summed E-state index contributed by atoms with van der Waals surface area (Å²) >= 11 is 0. The molecule has 4 nitrogen and oxygen atoms in total. The molecule has 4 heteroatoms. The average molecular weight is 231 g/mol. The molecule has 0 radical (unpaired) electrons. The minimum atomic E-state index is 0.165. The van der Waals surface area contributed by atoms with E-state index in [1.165, 1.54) is 19.3 Å². The number of rotatable bonds is 5. The molecule has 1 aromatic heterocycles. The molecule has 1 aliphatic carbocycles. The number of nitriles is 1. The summed E-state index contributed by atoms with van der Waals surface area (Å²) in [7, 11) is 0. The van der Waals surface area contributed by atoms with Gasteiger partial charge in [-0.1, -0.05) is 12.5 Å². The third-order valence-corrected chi connectivity index (χ3v) is 3.35. The molecule has 0 saturated heterocycles. The van der Waals surface area contributed by atoms with E-state index in [1.807, 2.05) is 12.1 Å². The highest BCUT2D eigenvalue weighted by Crippen LogP contribution is 2.26. The monoisotopic (exact) mass is 231 g/mol. The second-order valence-corrected chi connectivity index (χ2v) is 4.40. The van der Waals surface area contributed by atoms with E-state index in [2.05, 4.69) is 16.0 Å².